The number of aromatic nitrogens is 3. The van der Waals surface area contributed by atoms with Gasteiger partial charge in [0.2, 0.25) is 5.91 Å². The summed E-state index contributed by atoms with van der Waals surface area (Å²) in [6.07, 6.45) is -4.61. The molecule has 0 atom stereocenters. The third-order valence-corrected chi connectivity index (χ3v) is 6.88. The molecule has 0 fully saturated rings. The Kier molecular flexibility index (Phi) is 6.96. The third-order valence-electron chi connectivity index (χ3n) is 5.94. The quantitative estimate of drug-likeness (QED) is 0.200. The van der Waals surface area contributed by atoms with Gasteiger partial charge in [-0.2, -0.15) is 13.2 Å². The first-order valence-corrected chi connectivity index (χ1v) is 12.5. The first-order valence-electron chi connectivity index (χ1n) is 11.6. The molecule has 2 heterocycles. The van der Waals surface area contributed by atoms with Gasteiger partial charge in [0.1, 0.15) is 22.5 Å². The molecule has 2 N–H and O–H groups in total. The Morgan fingerprint density at radius 2 is 1.85 bits per heavy atom. The number of alkyl halides is 3. The van der Waals surface area contributed by atoms with Gasteiger partial charge in [0, 0.05) is 17.0 Å². The molecule has 3 aromatic carbocycles. The van der Waals surface area contributed by atoms with Gasteiger partial charge in [0.25, 0.3) is 5.56 Å². The van der Waals surface area contributed by atoms with E-state index in [0.29, 0.717) is 33.6 Å². The van der Waals surface area contributed by atoms with E-state index in [1.807, 2.05) is 0 Å². The SMILES string of the molecule is COc1ccc(OC)c(NC(=O)CSc2nc3c([nH]c4ccccc43)c(=O)n2-c2cccc(C(F)(F)F)c2)c1. The number of rotatable bonds is 7. The van der Waals surface area contributed by atoms with Crippen LogP contribution in [0.3, 0.4) is 0 Å². The third kappa shape index (κ3) is 5.15. The number of benzene rings is 3. The van der Waals surface area contributed by atoms with Crippen molar-refractivity contribution in [2.75, 3.05) is 25.3 Å². The molecule has 12 heteroatoms. The summed E-state index contributed by atoms with van der Waals surface area (Å²) in [4.78, 5) is 34.2. The number of nitrogens with one attached hydrogen (secondary N) is 2. The van der Waals surface area contributed by atoms with Crippen molar-refractivity contribution in [1.29, 1.82) is 0 Å². The second kappa shape index (κ2) is 10.4. The number of hydrogen-bond acceptors (Lipinski definition) is 6. The average Bonchev–Trinajstić information content (AvgIpc) is 3.30. The van der Waals surface area contributed by atoms with Crippen molar-refractivity contribution >= 4 is 45.3 Å². The first-order chi connectivity index (χ1) is 18.7. The van der Waals surface area contributed by atoms with Crippen LogP contribution in [0.1, 0.15) is 5.56 Å². The molecule has 0 saturated carbocycles. The minimum absolute atomic E-state index is 0.0275. The highest BCUT2D eigenvalue weighted by Crippen LogP contribution is 2.33. The predicted molar refractivity (Wildman–Crippen MR) is 143 cm³/mol. The molecule has 0 aliphatic heterocycles. The molecule has 5 rings (SSSR count). The number of anilines is 1. The Balaban J connectivity index is 1.56. The highest BCUT2D eigenvalue weighted by molar-refractivity contribution is 7.99. The fourth-order valence-electron chi connectivity index (χ4n) is 4.12. The Morgan fingerprint density at radius 1 is 1.05 bits per heavy atom. The summed E-state index contributed by atoms with van der Waals surface area (Å²) in [5.74, 6) is 0.270. The fraction of sp³-hybridized carbons (Fsp3) is 0.148. The summed E-state index contributed by atoms with van der Waals surface area (Å²) < 4.78 is 52.0. The summed E-state index contributed by atoms with van der Waals surface area (Å²) in [6.45, 7) is 0. The topological polar surface area (TPSA) is 98.2 Å². The molecule has 0 bridgehead atoms. The van der Waals surface area contributed by atoms with Crippen molar-refractivity contribution in [2.45, 2.75) is 11.3 Å². The van der Waals surface area contributed by atoms with E-state index in [0.717, 1.165) is 28.5 Å². The lowest BCUT2D eigenvalue weighted by Crippen LogP contribution is -2.23. The van der Waals surface area contributed by atoms with E-state index in [9.17, 15) is 22.8 Å². The number of ether oxygens (including phenoxy) is 2. The maximum atomic E-state index is 13.6. The van der Waals surface area contributed by atoms with Crippen molar-refractivity contribution in [3.05, 3.63) is 82.6 Å². The molecular weight excluding hydrogens is 533 g/mol. The van der Waals surface area contributed by atoms with Crippen LogP contribution in [-0.2, 0) is 11.0 Å². The molecular formula is C27H21F3N4O4S. The van der Waals surface area contributed by atoms with Gasteiger partial charge < -0.3 is 19.8 Å². The second-order valence-corrected chi connectivity index (χ2v) is 9.32. The molecule has 0 saturated heterocycles. The Hall–Kier alpha value is -4.45. The molecule has 8 nitrogen and oxygen atoms in total. The van der Waals surface area contributed by atoms with Crippen LogP contribution in [0.25, 0.3) is 27.6 Å². The molecule has 200 valence electrons. The van der Waals surface area contributed by atoms with Gasteiger partial charge in [0.15, 0.2) is 5.16 Å². The molecule has 0 spiro atoms. The van der Waals surface area contributed by atoms with E-state index in [1.54, 1.807) is 42.5 Å². The molecule has 39 heavy (non-hydrogen) atoms. The van der Waals surface area contributed by atoms with Crippen molar-refractivity contribution in [3.8, 4) is 17.2 Å². The molecule has 5 aromatic rings. The van der Waals surface area contributed by atoms with E-state index in [-0.39, 0.29) is 22.1 Å². The maximum absolute atomic E-state index is 13.6. The number of nitrogens with zero attached hydrogens (tertiary/aromatic N) is 2. The molecule has 0 unspecified atom stereocenters. The highest BCUT2D eigenvalue weighted by Gasteiger charge is 2.31. The zero-order valence-corrected chi connectivity index (χ0v) is 21.4. The second-order valence-electron chi connectivity index (χ2n) is 8.38. The van der Waals surface area contributed by atoms with Crippen LogP contribution in [0.4, 0.5) is 18.9 Å². The van der Waals surface area contributed by atoms with Gasteiger partial charge in [-0.1, -0.05) is 36.0 Å². The highest BCUT2D eigenvalue weighted by atomic mass is 32.2. The number of aromatic amines is 1. The predicted octanol–water partition coefficient (Wildman–Crippen LogP) is 5.63. The minimum atomic E-state index is -4.61. The van der Waals surface area contributed by atoms with Gasteiger partial charge in [-0.3, -0.25) is 14.2 Å². The number of amides is 1. The number of para-hydroxylation sites is 1. The normalized spacial score (nSPS) is 11.6. The summed E-state index contributed by atoms with van der Waals surface area (Å²) in [6, 6.07) is 16.4. The molecule has 2 aromatic heterocycles. The van der Waals surface area contributed by atoms with E-state index in [2.05, 4.69) is 15.3 Å². The number of halogens is 3. The lowest BCUT2D eigenvalue weighted by Gasteiger charge is -2.15. The standard InChI is InChI=1S/C27H21F3N4O4S/c1-37-17-10-11-21(38-2)20(13-17)31-22(35)14-39-26-33-23-18-8-3-4-9-19(18)32-24(23)25(36)34(26)16-7-5-6-15(12-16)27(28,29)30/h3-13,32H,14H2,1-2H3,(H,31,35). The number of hydrogen-bond donors (Lipinski definition) is 2. The molecule has 1 amide bonds. The zero-order valence-electron chi connectivity index (χ0n) is 20.6. The smallest absolute Gasteiger partial charge is 0.416 e. The largest absolute Gasteiger partial charge is 0.497 e. The molecule has 0 aliphatic carbocycles. The Labute approximate surface area is 223 Å². The fourth-order valence-corrected chi connectivity index (χ4v) is 4.92. The van der Waals surface area contributed by atoms with Crippen LogP contribution in [0, 0.1) is 0 Å². The zero-order chi connectivity index (χ0) is 27.7. The van der Waals surface area contributed by atoms with Crippen LogP contribution in [-0.4, -0.2) is 40.4 Å². The van der Waals surface area contributed by atoms with Gasteiger partial charge in [-0.15, -0.1) is 0 Å². The van der Waals surface area contributed by atoms with E-state index < -0.39 is 23.2 Å². The van der Waals surface area contributed by atoms with Gasteiger partial charge in [0.05, 0.1) is 36.9 Å². The molecule has 0 aliphatic rings. The van der Waals surface area contributed by atoms with Crippen LogP contribution in [0.5, 0.6) is 11.5 Å². The van der Waals surface area contributed by atoms with Crippen molar-refractivity contribution < 1.29 is 27.4 Å². The van der Waals surface area contributed by atoms with Crippen LogP contribution >= 0.6 is 11.8 Å². The van der Waals surface area contributed by atoms with Gasteiger partial charge >= 0.3 is 6.18 Å². The Bertz CT molecular complexity index is 1760. The minimum Gasteiger partial charge on any atom is -0.497 e. The number of thioether (sulfide) groups is 1. The van der Waals surface area contributed by atoms with E-state index in [4.69, 9.17) is 9.47 Å². The van der Waals surface area contributed by atoms with Crippen molar-refractivity contribution in [2.24, 2.45) is 0 Å². The van der Waals surface area contributed by atoms with Gasteiger partial charge in [-0.05, 0) is 36.4 Å². The lowest BCUT2D eigenvalue weighted by atomic mass is 10.2. The van der Waals surface area contributed by atoms with Crippen molar-refractivity contribution in [3.63, 3.8) is 0 Å². The summed E-state index contributed by atoms with van der Waals surface area (Å²) >= 11 is 0.920. The van der Waals surface area contributed by atoms with E-state index >= 15 is 0 Å². The van der Waals surface area contributed by atoms with Crippen molar-refractivity contribution in [1.82, 2.24) is 14.5 Å². The summed E-state index contributed by atoms with van der Waals surface area (Å²) in [7, 11) is 2.95. The summed E-state index contributed by atoms with van der Waals surface area (Å²) in [5.41, 5.74) is -0.00852. The number of methoxy groups -OCH3 is 2. The summed E-state index contributed by atoms with van der Waals surface area (Å²) in [5, 5.41) is 3.47. The number of carbonyl (C=O) groups excluding carboxylic acids is 1. The number of fused-ring (bicyclic) bond motifs is 3. The lowest BCUT2D eigenvalue weighted by molar-refractivity contribution is -0.137. The monoisotopic (exact) mass is 554 g/mol. The average molecular weight is 555 g/mol. The maximum Gasteiger partial charge on any atom is 0.416 e. The molecule has 0 radical (unpaired) electrons. The van der Waals surface area contributed by atoms with Gasteiger partial charge in [-0.25, -0.2) is 4.98 Å². The van der Waals surface area contributed by atoms with Crippen LogP contribution < -0.4 is 20.3 Å². The Morgan fingerprint density at radius 3 is 2.59 bits per heavy atom. The van der Waals surface area contributed by atoms with E-state index in [1.165, 1.54) is 26.4 Å². The van der Waals surface area contributed by atoms with Crippen LogP contribution in [0.15, 0.2) is 76.7 Å². The number of H-pyrrole nitrogens is 1. The van der Waals surface area contributed by atoms with Crippen LogP contribution in [0.2, 0.25) is 0 Å². The first kappa shape index (κ1) is 26.2. The number of carbonyl (C=O) groups is 1.